The van der Waals surface area contributed by atoms with E-state index in [1.165, 1.54) is 17.7 Å². The van der Waals surface area contributed by atoms with Crippen molar-refractivity contribution in [3.05, 3.63) is 6.07 Å². The normalized spacial score (nSPS) is 28.1. The molecule has 0 N–H and O–H groups in total. The molecule has 5 fully saturated rings. The van der Waals surface area contributed by atoms with E-state index in [4.69, 9.17) is 14.7 Å². The lowest BCUT2D eigenvalue weighted by molar-refractivity contribution is -0.157. The molecule has 0 aliphatic carbocycles. The van der Waals surface area contributed by atoms with Crippen molar-refractivity contribution < 1.29 is 19.1 Å². The standard InChI is InChI=1S/C26H37N7O4/c1-2-37-20-7-12-33-23(35)17-19(34)26(20,33)24(36)31-15-13-30(14-16-31)22-18-21(29-8-3-4-9-29)27-25(28-22)32-10-5-6-11-32/h18,20H,2-17H2,1H3. The van der Waals surface area contributed by atoms with E-state index < -0.39 is 11.6 Å². The molecule has 200 valence electrons. The molecule has 37 heavy (non-hydrogen) atoms. The van der Waals surface area contributed by atoms with Gasteiger partial charge in [0.15, 0.2) is 5.78 Å². The predicted octanol–water partition coefficient (Wildman–Crippen LogP) is 0.675. The summed E-state index contributed by atoms with van der Waals surface area (Å²) in [5.41, 5.74) is -1.49. The minimum atomic E-state index is -1.49. The van der Waals surface area contributed by atoms with E-state index in [2.05, 4.69) is 20.8 Å². The lowest BCUT2D eigenvalue weighted by Crippen LogP contribution is -2.65. The number of carbonyl (C=O) groups is 3. The summed E-state index contributed by atoms with van der Waals surface area (Å²) in [5.74, 6) is 1.82. The Morgan fingerprint density at radius 1 is 0.892 bits per heavy atom. The first-order valence-electron chi connectivity index (χ1n) is 13.9. The van der Waals surface area contributed by atoms with Gasteiger partial charge in [-0.1, -0.05) is 0 Å². The molecule has 0 bridgehead atoms. The first kappa shape index (κ1) is 24.4. The summed E-state index contributed by atoms with van der Waals surface area (Å²) in [6, 6.07) is 2.09. The van der Waals surface area contributed by atoms with Gasteiger partial charge in [0, 0.05) is 71.6 Å². The molecule has 0 aromatic carbocycles. The number of hydrogen-bond acceptors (Lipinski definition) is 9. The Labute approximate surface area is 217 Å². The van der Waals surface area contributed by atoms with Crippen molar-refractivity contribution in [1.82, 2.24) is 19.8 Å². The first-order valence-corrected chi connectivity index (χ1v) is 13.9. The van der Waals surface area contributed by atoms with Crippen LogP contribution in [0.15, 0.2) is 6.07 Å². The van der Waals surface area contributed by atoms with Crippen LogP contribution in [0.3, 0.4) is 0 Å². The molecule has 2 atom stereocenters. The van der Waals surface area contributed by atoms with E-state index in [9.17, 15) is 14.4 Å². The molecule has 11 heteroatoms. The van der Waals surface area contributed by atoms with Crippen LogP contribution in [0.5, 0.6) is 0 Å². The second-order valence-corrected chi connectivity index (χ2v) is 10.7. The SMILES string of the molecule is CCOC1CCN2C(=O)CC(=O)C12C(=O)N1CCN(c2cc(N3CCCC3)nc(N3CCCC3)n2)CC1. The summed E-state index contributed by atoms with van der Waals surface area (Å²) < 4.78 is 5.87. The Kier molecular flexibility index (Phi) is 6.42. The van der Waals surface area contributed by atoms with Crippen molar-refractivity contribution >= 4 is 35.2 Å². The van der Waals surface area contributed by atoms with Gasteiger partial charge in [-0.05, 0) is 39.0 Å². The van der Waals surface area contributed by atoms with Gasteiger partial charge in [0.2, 0.25) is 17.4 Å². The predicted molar refractivity (Wildman–Crippen MR) is 138 cm³/mol. The minimum Gasteiger partial charge on any atom is -0.375 e. The van der Waals surface area contributed by atoms with Crippen LogP contribution in [0, 0.1) is 0 Å². The maximum atomic E-state index is 13.9. The molecular weight excluding hydrogens is 474 g/mol. The fourth-order valence-electron chi connectivity index (χ4n) is 6.72. The zero-order valence-corrected chi connectivity index (χ0v) is 21.7. The van der Waals surface area contributed by atoms with Gasteiger partial charge in [-0.15, -0.1) is 0 Å². The third-order valence-corrected chi connectivity index (χ3v) is 8.64. The number of rotatable bonds is 6. The zero-order chi connectivity index (χ0) is 25.6. The number of fused-ring (bicyclic) bond motifs is 1. The molecule has 6 rings (SSSR count). The van der Waals surface area contributed by atoms with E-state index in [0.29, 0.717) is 45.8 Å². The van der Waals surface area contributed by atoms with E-state index in [-0.39, 0.29) is 24.0 Å². The molecule has 5 aliphatic rings. The highest BCUT2D eigenvalue weighted by Gasteiger charge is 2.67. The molecule has 1 aromatic heterocycles. The Hall–Kier alpha value is -2.95. The monoisotopic (exact) mass is 511 g/mol. The van der Waals surface area contributed by atoms with Crippen molar-refractivity contribution in [1.29, 1.82) is 0 Å². The smallest absolute Gasteiger partial charge is 0.259 e. The molecule has 1 aromatic rings. The number of carbonyl (C=O) groups excluding carboxylic acids is 3. The second-order valence-electron chi connectivity index (χ2n) is 10.7. The van der Waals surface area contributed by atoms with Crippen LogP contribution in [0.2, 0.25) is 0 Å². The van der Waals surface area contributed by atoms with Gasteiger partial charge in [-0.3, -0.25) is 14.4 Å². The van der Waals surface area contributed by atoms with Crippen LogP contribution in [-0.2, 0) is 19.1 Å². The Bertz CT molecular complexity index is 1030. The van der Waals surface area contributed by atoms with Gasteiger partial charge >= 0.3 is 0 Å². The molecule has 0 spiro atoms. The van der Waals surface area contributed by atoms with Gasteiger partial charge in [0.25, 0.3) is 5.91 Å². The second kappa shape index (κ2) is 9.74. The van der Waals surface area contributed by atoms with Crippen LogP contribution >= 0.6 is 0 Å². The Balaban J connectivity index is 1.21. The van der Waals surface area contributed by atoms with Crippen LogP contribution < -0.4 is 14.7 Å². The maximum Gasteiger partial charge on any atom is 0.259 e. The molecule has 5 aliphatic heterocycles. The molecular formula is C26H37N7O4. The number of hydrogen-bond donors (Lipinski definition) is 0. The molecule has 2 unspecified atom stereocenters. The highest BCUT2D eigenvalue weighted by Crippen LogP contribution is 2.41. The van der Waals surface area contributed by atoms with Gasteiger partial charge in [-0.25, -0.2) is 0 Å². The summed E-state index contributed by atoms with van der Waals surface area (Å²) in [6.45, 7) is 8.81. The van der Waals surface area contributed by atoms with E-state index in [1.54, 1.807) is 4.90 Å². The van der Waals surface area contributed by atoms with E-state index in [1.807, 2.05) is 6.92 Å². The minimum absolute atomic E-state index is 0.214. The van der Waals surface area contributed by atoms with Crippen LogP contribution in [0.1, 0.15) is 45.4 Å². The van der Waals surface area contributed by atoms with Crippen molar-refractivity contribution in [3.8, 4) is 0 Å². The van der Waals surface area contributed by atoms with Crippen molar-refractivity contribution in [2.75, 3.05) is 80.2 Å². The highest BCUT2D eigenvalue weighted by molar-refractivity contribution is 6.23. The first-order chi connectivity index (χ1) is 18.0. The number of piperazine rings is 1. The number of Topliss-reactive ketones (excluding diaryl/α,β-unsaturated/α-hetero) is 1. The summed E-state index contributed by atoms with van der Waals surface area (Å²) >= 11 is 0. The largest absolute Gasteiger partial charge is 0.375 e. The number of ether oxygens (including phenoxy) is 1. The van der Waals surface area contributed by atoms with Crippen molar-refractivity contribution in [2.24, 2.45) is 0 Å². The lowest BCUT2D eigenvalue weighted by Gasteiger charge is -2.42. The summed E-state index contributed by atoms with van der Waals surface area (Å²) in [5, 5.41) is 0. The molecule has 2 amide bonds. The van der Waals surface area contributed by atoms with Gasteiger partial charge in [-0.2, -0.15) is 9.97 Å². The number of ketones is 1. The highest BCUT2D eigenvalue weighted by atomic mass is 16.5. The number of nitrogens with zero attached hydrogens (tertiary/aromatic N) is 7. The maximum absolute atomic E-state index is 13.9. The number of anilines is 3. The van der Waals surface area contributed by atoms with Crippen LogP contribution in [0.4, 0.5) is 17.6 Å². The lowest BCUT2D eigenvalue weighted by atomic mass is 9.87. The molecule has 0 radical (unpaired) electrons. The third-order valence-electron chi connectivity index (χ3n) is 8.64. The number of amides is 2. The molecule has 5 saturated heterocycles. The van der Waals surface area contributed by atoms with Crippen LogP contribution in [0.25, 0.3) is 0 Å². The summed E-state index contributed by atoms with van der Waals surface area (Å²) in [4.78, 5) is 59.6. The zero-order valence-electron chi connectivity index (χ0n) is 21.7. The fourth-order valence-corrected chi connectivity index (χ4v) is 6.72. The third kappa shape index (κ3) is 4.02. The van der Waals surface area contributed by atoms with Gasteiger partial charge in [0.1, 0.15) is 11.6 Å². The van der Waals surface area contributed by atoms with E-state index >= 15 is 0 Å². The van der Waals surface area contributed by atoms with Crippen LogP contribution in [-0.4, -0.2) is 115 Å². The molecule has 6 heterocycles. The topological polar surface area (TPSA) is 102 Å². The number of aromatic nitrogens is 2. The Morgan fingerprint density at radius 3 is 2.11 bits per heavy atom. The molecule has 11 nitrogen and oxygen atoms in total. The quantitative estimate of drug-likeness (QED) is 0.510. The Morgan fingerprint density at radius 2 is 1.49 bits per heavy atom. The van der Waals surface area contributed by atoms with Crippen molar-refractivity contribution in [2.45, 2.75) is 57.1 Å². The summed E-state index contributed by atoms with van der Waals surface area (Å²) in [6.07, 6.45) is 4.41. The van der Waals surface area contributed by atoms with E-state index in [0.717, 1.165) is 56.6 Å². The van der Waals surface area contributed by atoms with Crippen molar-refractivity contribution in [3.63, 3.8) is 0 Å². The average molecular weight is 512 g/mol. The summed E-state index contributed by atoms with van der Waals surface area (Å²) in [7, 11) is 0. The molecule has 0 saturated carbocycles. The average Bonchev–Trinajstić information content (AvgIpc) is 3.72. The van der Waals surface area contributed by atoms with Gasteiger partial charge < -0.3 is 29.2 Å². The van der Waals surface area contributed by atoms with Gasteiger partial charge in [0.05, 0.1) is 12.5 Å². The fraction of sp³-hybridized carbons (Fsp3) is 0.731.